The first-order chi connectivity index (χ1) is 12.2. The number of halogens is 1. The number of hydrogen-bond donors (Lipinski definition) is 0. The van der Waals surface area contributed by atoms with E-state index in [9.17, 15) is 5.26 Å². The summed E-state index contributed by atoms with van der Waals surface area (Å²) >= 11 is 1.80. The van der Waals surface area contributed by atoms with Gasteiger partial charge in [-0.1, -0.05) is 24.3 Å². The van der Waals surface area contributed by atoms with Gasteiger partial charge in [0.25, 0.3) is 0 Å². The fraction of sp³-hybridized carbons (Fsp3) is 0.316. The average molecular weight is 450 g/mol. The molecule has 2 aromatic carbocycles. The van der Waals surface area contributed by atoms with Crippen LogP contribution in [-0.4, -0.2) is 33.4 Å². The predicted octanol–water partition coefficient (Wildman–Crippen LogP) is 3.67. The van der Waals surface area contributed by atoms with Gasteiger partial charge in [0.2, 0.25) is 5.60 Å². The Morgan fingerprint density at radius 1 is 1.04 bits per heavy atom. The van der Waals surface area contributed by atoms with E-state index < -0.39 is 5.60 Å². The van der Waals surface area contributed by atoms with Crippen molar-refractivity contribution < 1.29 is 12.5 Å². The summed E-state index contributed by atoms with van der Waals surface area (Å²) in [6.45, 7) is 3.24. The minimum absolute atomic E-state index is 0.742. The molecule has 0 bridgehead atoms. The summed E-state index contributed by atoms with van der Waals surface area (Å²) in [7, 11) is 1.62. The largest absolute Gasteiger partial charge is 0.497 e. The van der Waals surface area contributed by atoms with Gasteiger partial charge in [-0.05, 0) is 24.3 Å². The summed E-state index contributed by atoms with van der Waals surface area (Å²) in [6, 6.07) is 17.7. The molecule has 0 amide bonds. The summed E-state index contributed by atoms with van der Waals surface area (Å²) in [5, 5.41) is 9.89. The number of ether oxygens (including phenoxy) is 2. The molecule has 1 atom stereocenters. The predicted molar refractivity (Wildman–Crippen MR) is 104 cm³/mol. The van der Waals surface area contributed by atoms with E-state index in [-0.39, 0.29) is 0 Å². The Labute approximate surface area is 161 Å². The molecule has 1 aliphatic heterocycles. The van der Waals surface area contributed by atoms with Crippen LogP contribution in [0.25, 0.3) is 0 Å². The molecule has 0 N–H and O–H groups in total. The maximum Gasteiger partial charge on any atom is 0.216 e. The van der Waals surface area contributed by atoms with Crippen molar-refractivity contribution in [1.82, 2.24) is 0 Å². The van der Waals surface area contributed by atoms with E-state index in [1.165, 1.54) is 0 Å². The summed E-state index contributed by atoms with van der Waals surface area (Å²) in [5.41, 5.74) is 1.54. The Hall–Kier alpha value is -1.82. The number of methoxy groups -OCH3 is 1. The highest BCUT2D eigenvalue weighted by molar-refractivity contribution is 14.1. The van der Waals surface area contributed by atoms with E-state index in [0.717, 1.165) is 48.9 Å². The van der Waals surface area contributed by atoms with Crippen molar-refractivity contribution in [1.29, 1.82) is 5.26 Å². The van der Waals surface area contributed by atoms with Gasteiger partial charge in [0, 0.05) is 29.9 Å². The first-order valence-electron chi connectivity index (χ1n) is 8.02. The lowest BCUT2D eigenvalue weighted by Crippen LogP contribution is -2.36. The standard InChI is InChI=1S/C19H19IN2O3/c1-23-18-8-4-16(5-9-18)19(14-21,25-20)15-2-6-17(7-3-15)22-10-12-24-13-11-22/h2-9H,10-13H2,1H3. The third kappa shape index (κ3) is 3.59. The summed E-state index contributed by atoms with van der Waals surface area (Å²) < 4.78 is 16.2. The second-order valence-corrected chi connectivity index (χ2v) is 6.19. The van der Waals surface area contributed by atoms with Gasteiger partial charge in [0.15, 0.2) is 0 Å². The molecule has 6 heteroatoms. The van der Waals surface area contributed by atoms with Crippen LogP contribution < -0.4 is 9.64 Å². The minimum atomic E-state index is -1.16. The van der Waals surface area contributed by atoms with Crippen LogP contribution >= 0.6 is 23.0 Å². The molecule has 2 aromatic rings. The van der Waals surface area contributed by atoms with Gasteiger partial charge in [-0.2, -0.15) is 5.26 Å². The van der Waals surface area contributed by atoms with Gasteiger partial charge in [0.05, 0.1) is 20.3 Å². The first kappa shape index (κ1) is 18.0. The zero-order valence-corrected chi connectivity index (χ0v) is 16.1. The smallest absolute Gasteiger partial charge is 0.216 e. The number of rotatable bonds is 5. The van der Waals surface area contributed by atoms with Crippen molar-refractivity contribution in [2.45, 2.75) is 5.60 Å². The zero-order chi connectivity index (χ0) is 17.7. The van der Waals surface area contributed by atoms with E-state index in [2.05, 4.69) is 11.0 Å². The van der Waals surface area contributed by atoms with Crippen LogP contribution in [-0.2, 0) is 13.4 Å². The Morgan fingerprint density at radius 3 is 2.08 bits per heavy atom. The first-order valence-corrected chi connectivity index (χ1v) is 8.90. The van der Waals surface area contributed by atoms with Crippen molar-refractivity contribution in [3.05, 3.63) is 59.7 Å². The molecule has 0 aromatic heterocycles. The van der Waals surface area contributed by atoms with Crippen molar-refractivity contribution in [2.75, 3.05) is 38.3 Å². The van der Waals surface area contributed by atoms with E-state index >= 15 is 0 Å². The van der Waals surface area contributed by atoms with Crippen LogP contribution in [0.3, 0.4) is 0 Å². The Kier molecular flexibility index (Phi) is 5.78. The fourth-order valence-corrected chi connectivity index (χ4v) is 3.56. The Morgan fingerprint density at radius 2 is 1.60 bits per heavy atom. The monoisotopic (exact) mass is 450 g/mol. The van der Waals surface area contributed by atoms with E-state index in [4.69, 9.17) is 12.5 Å². The lowest BCUT2D eigenvalue weighted by atomic mass is 9.87. The van der Waals surface area contributed by atoms with Crippen LogP contribution in [0.2, 0.25) is 0 Å². The van der Waals surface area contributed by atoms with Crippen molar-refractivity contribution in [3.63, 3.8) is 0 Å². The third-order valence-corrected chi connectivity index (χ3v) is 5.08. The molecule has 1 heterocycles. The summed E-state index contributed by atoms with van der Waals surface area (Å²) in [5.74, 6) is 0.742. The summed E-state index contributed by atoms with van der Waals surface area (Å²) in [6.07, 6.45) is 0. The lowest BCUT2D eigenvalue weighted by Gasteiger charge is -2.30. The van der Waals surface area contributed by atoms with Gasteiger partial charge < -0.3 is 14.4 Å². The number of nitrogens with zero attached hydrogens (tertiary/aromatic N) is 2. The molecule has 5 nitrogen and oxygen atoms in total. The molecule has 1 saturated heterocycles. The maximum atomic E-state index is 9.89. The molecule has 0 aliphatic carbocycles. The minimum Gasteiger partial charge on any atom is -0.497 e. The second-order valence-electron chi connectivity index (χ2n) is 5.74. The van der Waals surface area contributed by atoms with Crippen LogP contribution in [0.1, 0.15) is 11.1 Å². The molecular weight excluding hydrogens is 431 g/mol. The van der Waals surface area contributed by atoms with E-state index in [0.29, 0.717) is 0 Å². The molecule has 1 aliphatic rings. The van der Waals surface area contributed by atoms with Gasteiger partial charge in [-0.3, -0.25) is 3.07 Å². The topological polar surface area (TPSA) is 54.7 Å². The van der Waals surface area contributed by atoms with E-state index in [1.54, 1.807) is 30.1 Å². The number of benzene rings is 2. The SMILES string of the molecule is COc1ccc(C(C#N)(OI)c2ccc(N3CCOCC3)cc2)cc1. The number of anilines is 1. The lowest BCUT2D eigenvalue weighted by molar-refractivity contribution is 0.122. The summed E-state index contributed by atoms with van der Waals surface area (Å²) in [4.78, 5) is 2.28. The number of hydrogen-bond acceptors (Lipinski definition) is 5. The van der Waals surface area contributed by atoms with Crippen LogP contribution in [0.4, 0.5) is 5.69 Å². The number of morpholine rings is 1. The molecule has 130 valence electrons. The molecule has 0 saturated carbocycles. The van der Waals surface area contributed by atoms with Crippen molar-refractivity contribution >= 4 is 28.7 Å². The maximum absolute atomic E-state index is 9.89. The quantitative estimate of drug-likeness (QED) is 0.651. The van der Waals surface area contributed by atoms with Gasteiger partial charge in [-0.15, -0.1) is 0 Å². The highest BCUT2D eigenvalue weighted by atomic mass is 127. The molecule has 1 unspecified atom stereocenters. The normalized spacial score (nSPS) is 16.8. The zero-order valence-electron chi connectivity index (χ0n) is 13.9. The fourth-order valence-electron chi connectivity index (χ4n) is 2.96. The van der Waals surface area contributed by atoms with Gasteiger partial charge in [-0.25, -0.2) is 0 Å². The molecular formula is C19H19IN2O3. The molecule has 0 radical (unpaired) electrons. The second kappa shape index (κ2) is 8.04. The number of nitriles is 1. The van der Waals surface area contributed by atoms with Crippen LogP contribution in [0.5, 0.6) is 5.75 Å². The van der Waals surface area contributed by atoms with Crippen molar-refractivity contribution in [2.24, 2.45) is 0 Å². The average Bonchev–Trinajstić information content (AvgIpc) is 2.71. The van der Waals surface area contributed by atoms with Crippen LogP contribution in [0.15, 0.2) is 48.5 Å². The highest BCUT2D eigenvalue weighted by Crippen LogP contribution is 2.37. The Balaban J connectivity index is 1.92. The molecule has 0 spiro atoms. The third-order valence-electron chi connectivity index (χ3n) is 4.42. The van der Waals surface area contributed by atoms with Gasteiger partial charge >= 0.3 is 0 Å². The van der Waals surface area contributed by atoms with Crippen LogP contribution in [0, 0.1) is 11.3 Å². The molecule has 25 heavy (non-hydrogen) atoms. The van der Waals surface area contributed by atoms with Gasteiger partial charge in [0.1, 0.15) is 34.8 Å². The van der Waals surface area contributed by atoms with E-state index in [1.807, 2.05) is 48.5 Å². The Bertz CT molecular complexity index is 737. The molecule has 3 rings (SSSR count). The molecule has 1 fully saturated rings. The van der Waals surface area contributed by atoms with Crippen molar-refractivity contribution in [3.8, 4) is 11.8 Å². The highest BCUT2D eigenvalue weighted by Gasteiger charge is 2.36.